The van der Waals surface area contributed by atoms with Crippen LogP contribution < -0.4 is 20.9 Å². The summed E-state index contributed by atoms with van der Waals surface area (Å²) in [5, 5.41) is 6.35. The molecule has 0 bridgehead atoms. The molecule has 3 N–H and O–H groups in total. The fourth-order valence-corrected chi connectivity index (χ4v) is 4.21. The van der Waals surface area contributed by atoms with E-state index in [1.54, 1.807) is 6.20 Å². The third-order valence-electron chi connectivity index (χ3n) is 5.55. The molecular formula is C19H24ClN5O2. The lowest BCUT2D eigenvalue weighted by molar-refractivity contribution is 0.215. The summed E-state index contributed by atoms with van der Waals surface area (Å²) in [5.74, 6) is 1.19. The molecule has 0 aromatic carbocycles. The Labute approximate surface area is 162 Å². The van der Waals surface area contributed by atoms with Crippen molar-refractivity contribution in [2.24, 2.45) is 5.73 Å². The first-order valence-electron chi connectivity index (χ1n) is 9.46. The molecule has 1 aliphatic carbocycles. The summed E-state index contributed by atoms with van der Waals surface area (Å²) in [7, 11) is 0. The lowest BCUT2D eigenvalue weighted by Gasteiger charge is -2.26. The molecule has 0 spiro atoms. The van der Waals surface area contributed by atoms with Gasteiger partial charge in [0.1, 0.15) is 11.1 Å². The molecule has 2 fully saturated rings. The van der Waals surface area contributed by atoms with Gasteiger partial charge in [0.05, 0.1) is 18.4 Å². The van der Waals surface area contributed by atoms with Gasteiger partial charge in [0.25, 0.3) is 5.56 Å². The molecule has 1 aliphatic heterocycles. The summed E-state index contributed by atoms with van der Waals surface area (Å²) < 4.78 is 6.12. The molecule has 4 rings (SSSR count). The first kappa shape index (κ1) is 18.3. The van der Waals surface area contributed by atoms with Crippen LogP contribution in [0.3, 0.4) is 0 Å². The van der Waals surface area contributed by atoms with Crippen molar-refractivity contribution in [3.8, 4) is 5.88 Å². The summed E-state index contributed by atoms with van der Waals surface area (Å²) >= 11 is 6.11. The highest BCUT2D eigenvalue weighted by Crippen LogP contribution is 2.33. The normalized spacial score (nSPS) is 25.6. The number of nitrogens with two attached hydrogens (primary N) is 1. The molecule has 8 heteroatoms. The Kier molecular flexibility index (Phi) is 5.31. The molecule has 1 saturated heterocycles. The molecule has 0 unspecified atom stereocenters. The average molecular weight is 390 g/mol. The predicted octanol–water partition coefficient (Wildman–Crippen LogP) is 2.46. The van der Waals surface area contributed by atoms with Gasteiger partial charge in [0.2, 0.25) is 5.88 Å². The van der Waals surface area contributed by atoms with E-state index in [1.165, 1.54) is 5.56 Å². The van der Waals surface area contributed by atoms with Crippen LogP contribution in [0.1, 0.15) is 43.6 Å². The Bertz CT molecular complexity index is 850. The second-order valence-electron chi connectivity index (χ2n) is 7.41. The van der Waals surface area contributed by atoms with Crippen LogP contribution in [0.5, 0.6) is 5.88 Å². The summed E-state index contributed by atoms with van der Waals surface area (Å²) in [5.41, 5.74) is 7.57. The minimum absolute atomic E-state index is 0.00267. The lowest BCUT2D eigenvalue weighted by atomic mass is 9.82. The maximum Gasteiger partial charge on any atom is 0.285 e. The van der Waals surface area contributed by atoms with Gasteiger partial charge in [-0.15, -0.1) is 0 Å². The fraction of sp³-hybridized carbons (Fsp3) is 0.526. The third kappa shape index (κ3) is 4.09. The number of rotatable bonds is 4. The van der Waals surface area contributed by atoms with Crippen LogP contribution in [0, 0.1) is 0 Å². The van der Waals surface area contributed by atoms with Crippen LogP contribution in [0.4, 0.5) is 5.69 Å². The smallest absolute Gasteiger partial charge is 0.285 e. The monoisotopic (exact) mass is 389 g/mol. The molecule has 144 valence electrons. The number of H-pyrrole nitrogens is 1. The lowest BCUT2D eigenvalue weighted by Crippen LogP contribution is -2.27. The highest BCUT2D eigenvalue weighted by atomic mass is 35.5. The van der Waals surface area contributed by atoms with Crippen molar-refractivity contribution < 1.29 is 4.74 Å². The Morgan fingerprint density at radius 3 is 2.89 bits per heavy atom. The minimum Gasteiger partial charge on any atom is -0.472 e. The maximum atomic E-state index is 11.7. The summed E-state index contributed by atoms with van der Waals surface area (Å²) in [4.78, 5) is 18.1. The third-order valence-corrected chi connectivity index (χ3v) is 5.92. The van der Waals surface area contributed by atoms with Gasteiger partial charge in [0, 0.05) is 31.3 Å². The predicted molar refractivity (Wildman–Crippen MR) is 105 cm³/mol. The van der Waals surface area contributed by atoms with Crippen molar-refractivity contribution in [3.05, 3.63) is 45.5 Å². The molecule has 2 aliphatic rings. The molecular weight excluding hydrogens is 366 g/mol. The van der Waals surface area contributed by atoms with Crippen LogP contribution >= 0.6 is 11.6 Å². The van der Waals surface area contributed by atoms with Gasteiger partial charge in [-0.25, -0.2) is 10.1 Å². The standard InChI is InChI=1S/C19H24ClN5O2/c20-18-16(10-23-24-19(18)26)25-8-6-15(11-25)27-17-9-13(5-7-22-17)12-1-3-14(21)4-2-12/h5,7,9-10,12,14-15H,1-4,6,8,11,21H2,(H,24,26)/t12?,14?,15-/m1/s1. The number of ether oxygens (including phenoxy) is 1. The number of aromatic amines is 1. The van der Waals surface area contributed by atoms with E-state index in [0.29, 0.717) is 30.1 Å². The van der Waals surface area contributed by atoms with E-state index in [9.17, 15) is 4.79 Å². The van der Waals surface area contributed by atoms with E-state index in [-0.39, 0.29) is 16.7 Å². The zero-order valence-corrected chi connectivity index (χ0v) is 15.9. The van der Waals surface area contributed by atoms with Crippen molar-refractivity contribution >= 4 is 17.3 Å². The number of halogens is 1. The first-order chi connectivity index (χ1) is 13.1. The van der Waals surface area contributed by atoms with Gasteiger partial charge in [0.15, 0.2) is 0 Å². The van der Waals surface area contributed by atoms with E-state index in [0.717, 1.165) is 38.6 Å². The van der Waals surface area contributed by atoms with Crippen LogP contribution in [-0.2, 0) is 0 Å². The molecule has 2 aromatic heterocycles. The topological polar surface area (TPSA) is 97.1 Å². The average Bonchev–Trinajstić information content (AvgIpc) is 3.13. The van der Waals surface area contributed by atoms with E-state index >= 15 is 0 Å². The van der Waals surface area contributed by atoms with Gasteiger partial charge in [-0.1, -0.05) is 11.6 Å². The zero-order chi connectivity index (χ0) is 18.8. The Balaban J connectivity index is 1.41. The Hall–Kier alpha value is -2.12. The van der Waals surface area contributed by atoms with Crippen LogP contribution in [0.15, 0.2) is 29.3 Å². The quantitative estimate of drug-likeness (QED) is 0.833. The van der Waals surface area contributed by atoms with Crippen molar-refractivity contribution in [1.29, 1.82) is 0 Å². The van der Waals surface area contributed by atoms with Gasteiger partial charge in [-0.3, -0.25) is 4.79 Å². The fourth-order valence-electron chi connectivity index (χ4n) is 4.00. The van der Waals surface area contributed by atoms with E-state index in [2.05, 4.69) is 27.3 Å². The van der Waals surface area contributed by atoms with Crippen LogP contribution in [-0.4, -0.2) is 40.4 Å². The van der Waals surface area contributed by atoms with Crippen molar-refractivity contribution in [2.75, 3.05) is 18.0 Å². The molecule has 2 aromatic rings. The molecule has 0 radical (unpaired) electrons. The van der Waals surface area contributed by atoms with E-state index < -0.39 is 0 Å². The number of pyridine rings is 1. The van der Waals surface area contributed by atoms with Gasteiger partial charge in [-0.2, -0.15) is 5.10 Å². The highest BCUT2D eigenvalue weighted by Gasteiger charge is 2.27. The summed E-state index contributed by atoms with van der Waals surface area (Å²) in [6, 6.07) is 4.48. The number of aromatic nitrogens is 3. The largest absolute Gasteiger partial charge is 0.472 e. The first-order valence-corrected chi connectivity index (χ1v) is 9.84. The van der Waals surface area contributed by atoms with Crippen LogP contribution in [0.25, 0.3) is 0 Å². The van der Waals surface area contributed by atoms with E-state index in [4.69, 9.17) is 22.1 Å². The number of nitrogens with one attached hydrogen (secondary N) is 1. The molecule has 7 nitrogen and oxygen atoms in total. The Morgan fingerprint density at radius 1 is 1.26 bits per heavy atom. The van der Waals surface area contributed by atoms with Gasteiger partial charge >= 0.3 is 0 Å². The molecule has 1 atom stereocenters. The van der Waals surface area contributed by atoms with Crippen molar-refractivity contribution in [2.45, 2.75) is 50.2 Å². The summed E-state index contributed by atoms with van der Waals surface area (Å²) in [6.07, 6.45) is 8.64. The molecule has 1 saturated carbocycles. The highest BCUT2D eigenvalue weighted by molar-refractivity contribution is 6.33. The number of hydrogen-bond acceptors (Lipinski definition) is 6. The molecule has 3 heterocycles. The zero-order valence-electron chi connectivity index (χ0n) is 15.1. The van der Waals surface area contributed by atoms with Crippen molar-refractivity contribution in [1.82, 2.24) is 15.2 Å². The SMILES string of the molecule is NC1CCC(c2ccnc(O[C@@H]3CCN(c4cn[nH]c(=O)c4Cl)C3)c2)CC1. The Morgan fingerprint density at radius 2 is 2.07 bits per heavy atom. The van der Waals surface area contributed by atoms with Crippen LogP contribution in [0.2, 0.25) is 5.02 Å². The van der Waals surface area contributed by atoms with E-state index in [1.807, 2.05) is 11.1 Å². The summed E-state index contributed by atoms with van der Waals surface area (Å²) in [6.45, 7) is 1.41. The van der Waals surface area contributed by atoms with Gasteiger partial charge in [-0.05, 0) is 43.2 Å². The number of hydrogen-bond donors (Lipinski definition) is 2. The molecule has 0 amide bonds. The second-order valence-corrected chi connectivity index (χ2v) is 7.79. The number of anilines is 1. The molecule has 27 heavy (non-hydrogen) atoms. The minimum atomic E-state index is -0.375. The van der Waals surface area contributed by atoms with Crippen molar-refractivity contribution in [3.63, 3.8) is 0 Å². The number of nitrogens with zero attached hydrogens (tertiary/aromatic N) is 3. The maximum absolute atomic E-state index is 11.7. The second kappa shape index (κ2) is 7.86. The van der Waals surface area contributed by atoms with Gasteiger partial charge < -0.3 is 15.4 Å².